The molecule has 0 bridgehead atoms. The Bertz CT molecular complexity index is 235. The van der Waals surface area contributed by atoms with Gasteiger partial charge in [-0.1, -0.05) is 52.7 Å². The molecular weight excluding hydrogens is 223 g/mol. The van der Waals surface area contributed by atoms with Crippen molar-refractivity contribution in [2.45, 2.75) is 18.2 Å². The van der Waals surface area contributed by atoms with E-state index < -0.39 is 0 Å². The van der Waals surface area contributed by atoms with Gasteiger partial charge in [-0.15, -0.1) is 0 Å². The Morgan fingerprint density at radius 2 is 2.09 bits per heavy atom. The molecule has 0 aliphatic rings. The monoisotopic (exact) mass is 232 g/mol. The SMILES string of the molecule is CCC(Br)c1ccccc1Cl. The van der Waals surface area contributed by atoms with E-state index >= 15 is 0 Å². The third-order valence-electron chi connectivity index (χ3n) is 1.60. The van der Waals surface area contributed by atoms with E-state index in [9.17, 15) is 0 Å². The first-order chi connectivity index (χ1) is 5.25. The van der Waals surface area contributed by atoms with Crippen molar-refractivity contribution in [3.8, 4) is 0 Å². The van der Waals surface area contributed by atoms with Crippen molar-refractivity contribution in [1.82, 2.24) is 0 Å². The first-order valence-corrected chi connectivity index (χ1v) is 4.93. The second-order valence-corrected chi connectivity index (χ2v) is 3.91. The standard InChI is InChI=1S/C9H10BrCl/c1-2-8(10)7-5-3-4-6-9(7)11/h3-6,8H,2H2,1H3. The van der Waals surface area contributed by atoms with Crippen molar-refractivity contribution >= 4 is 27.5 Å². The normalized spacial score (nSPS) is 13.0. The zero-order chi connectivity index (χ0) is 8.27. The van der Waals surface area contributed by atoms with Crippen LogP contribution in [-0.4, -0.2) is 0 Å². The molecule has 1 aromatic rings. The van der Waals surface area contributed by atoms with Gasteiger partial charge in [0.15, 0.2) is 0 Å². The number of benzene rings is 1. The predicted octanol–water partition coefficient (Wildman–Crippen LogP) is 4.19. The van der Waals surface area contributed by atoms with E-state index in [1.54, 1.807) is 0 Å². The van der Waals surface area contributed by atoms with Crippen LogP contribution in [0.5, 0.6) is 0 Å². The summed E-state index contributed by atoms with van der Waals surface area (Å²) < 4.78 is 0. The van der Waals surface area contributed by atoms with Gasteiger partial charge >= 0.3 is 0 Å². The van der Waals surface area contributed by atoms with E-state index in [1.807, 2.05) is 24.3 Å². The second kappa shape index (κ2) is 4.13. The van der Waals surface area contributed by atoms with Crippen LogP contribution < -0.4 is 0 Å². The van der Waals surface area contributed by atoms with Crippen molar-refractivity contribution in [3.05, 3.63) is 34.9 Å². The maximum atomic E-state index is 5.97. The van der Waals surface area contributed by atoms with E-state index in [1.165, 1.54) is 5.56 Å². The van der Waals surface area contributed by atoms with Gasteiger partial charge in [-0.3, -0.25) is 0 Å². The summed E-state index contributed by atoms with van der Waals surface area (Å²) in [5.74, 6) is 0. The lowest BCUT2D eigenvalue weighted by Crippen LogP contribution is -1.87. The zero-order valence-corrected chi connectivity index (χ0v) is 8.69. The highest BCUT2D eigenvalue weighted by molar-refractivity contribution is 9.09. The van der Waals surface area contributed by atoms with Crippen LogP contribution in [0.2, 0.25) is 5.02 Å². The molecule has 11 heavy (non-hydrogen) atoms. The minimum atomic E-state index is 0.385. The Labute approximate surface area is 80.7 Å². The molecule has 0 heterocycles. The molecule has 0 radical (unpaired) electrons. The summed E-state index contributed by atoms with van der Waals surface area (Å²) in [4.78, 5) is 0.385. The topological polar surface area (TPSA) is 0 Å². The number of halogens is 2. The van der Waals surface area contributed by atoms with Crippen LogP contribution in [0.25, 0.3) is 0 Å². The average Bonchev–Trinajstić information content (AvgIpc) is 2.04. The first-order valence-electron chi connectivity index (χ1n) is 3.64. The molecular formula is C9H10BrCl. The van der Waals surface area contributed by atoms with Crippen LogP contribution in [0.1, 0.15) is 23.7 Å². The molecule has 0 fully saturated rings. The van der Waals surface area contributed by atoms with Gasteiger partial charge in [0.1, 0.15) is 0 Å². The minimum Gasteiger partial charge on any atom is -0.0840 e. The van der Waals surface area contributed by atoms with Gasteiger partial charge in [0, 0.05) is 9.85 Å². The molecule has 0 spiro atoms. The molecule has 2 heteroatoms. The fourth-order valence-electron chi connectivity index (χ4n) is 0.949. The lowest BCUT2D eigenvalue weighted by Gasteiger charge is -2.07. The summed E-state index contributed by atoms with van der Waals surface area (Å²) in [7, 11) is 0. The van der Waals surface area contributed by atoms with Gasteiger partial charge in [-0.05, 0) is 18.1 Å². The maximum absolute atomic E-state index is 5.97. The quantitative estimate of drug-likeness (QED) is 0.672. The zero-order valence-electron chi connectivity index (χ0n) is 6.35. The molecule has 1 rings (SSSR count). The van der Waals surface area contributed by atoms with Crippen molar-refractivity contribution in [2.24, 2.45) is 0 Å². The molecule has 1 atom stereocenters. The molecule has 0 N–H and O–H groups in total. The molecule has 0 aliphatic carbocycles. The Balaban J connectivity index is 2.93. The summed E-state index contributed by atoms with van der Waals surface area (Å²) in [6.45, 7) is 2.13. The molecule has 60 valence electrons. The number of hydrogen-bond acceptors (Lipinski definition) is 0. The average molecular weight is 234 g/mol. The van der Waals surface area contributed by atoms with E-state index in [0.29, 0.717) is 4.83 Å². The smallest absolute Gasteiger partial charge is 0.0449 e. The molecule has 1 unspecified atom stereocenters. The highest BCUT2D eigenvalue weighted by Crippen LogP contribution is 2.31. The van der Waals surface area contributed by atoms with Crippen LogP contribution in [0.3, 0.4) is 0 Å². The Morgan fingerprint density at radius 3 is 2.64 bits per heavy atom. The number of rotatable bonds is 2. The largest absolute Gasteiger partial charge is 0.0840 e. The molecule has 0 aliphatic heterocycles. The van der Waals surface area contributed by atoms with E-state index in [4.69, 9.17) is 11.6 Å². The molecule has 0 saturated heterocycles. The third kappa shape index (κ3) is 2.21. The summed E-state index contributed by atoms with van der Waals surface area (Å²) in [6, 6.07) is 7.92. The lowest BCUT2D eigenvalue weighted by molar-refractivity contribution is 0.911. The van der Waals surface area contributed by atoms with E-state index in [-0.39, 0.29) is 0 Å². The van der Waals surface area contributed by atoms with Gasteiger partial charge in [0.05, 0.1) is 0 Å². The second-order valence-electron chi connectivity index (χ2n) is 2.40. The van der Waals surface area contributed by atoms with Gasteiger partial charge < -0.3 is 0 Å². The molecule has 0 aromatic heterocycles. The van der Waals surface area contributed by atoms with Crippen LogP contribution in [0, 0.1) is 0 Å². The lowest BCUT2D eigenvalue weighted by atomic mass is 10.1. The molecule has 1 aromatic carbocycles. The van der Waals surface area contributed by atoms with Crippen molar-refractivity contribution in [2.75, 3.05) is 0 Å². The summed E-state index contributed by atoms with van der Waals surface area (Å²) in [5, 5.41) is 0.844. The Morgan fingerprint density at radius 1 is 1.45 bits per heavy atom. The summed E-state index contributed by atoms with van der Waals surface area (Å²) in [5.41, 5.74) is 1.18. The van der Waals surface area contributed by atoms with Crippen LogP contribution in [-0.2, 0) is 0 Å². The summed E-state index contributed by atoms with van der Waals surface area (Å²) >= 11 is 9.52. The Kier molecular flexibility index (Phi) is 3.41. The predicted molar refractivity (Wildman–Crippen MR) is 53.4 cm³/mol. The minimum absolute atomic E-state index is 0.385. The fourth-order valence-corrected chi connectivity index (χ4v) is 1.75. The summed E-state index contributed by atoms with van der Waals surface area (Å²) in [6.07, 6.45) is 1.06. The molecule has 0 saturated carbocycles. The van der Waals surface area contributed by atoms with Crippen molar-refractivity contribution < 1.29 is 0 Å². The van der Waals surface area contributed by atoms with Gasteiger partial charge in [-0.25, -0.2) is 0 Å². The Hall–Kier alpha value is -0.0100. The van der Waals surface area contributed by atoms with Crippen LogP contribution in [0.15, 0.2) is 24.3 Å². The van der Waals surface area contributed by atoms with Crippen molar-refractivity contribution in [1.29, 1.82) is 0 Å². The fraction of sp³-hybridized carbons (Fsp3) is 0.333. The first kappa shape index (κ1) is 9.08. The van der Waals surface area contributed by atoms with Gasteiger partial charge in [0.25, 0.3) is 0 Å². The number of alkyl halides is 1. The maximum Gasteiger partial charge on any atom is 0.0449 e. The molecule has 0 nitrogen and oxygen atoms in total. The van der Waals surface area contributed by atoms with Gasteiger partial charge in [-0.2, -0.15) is 0 Å². The van der Waals surface area contributed by atoms with Crippen molar-refractivity contribution in [3.63, 3.8) is 0 Å². The van der Waals surface area contributed by atoms with Gasteiger partial charge in [0.2, 0.25) is 0 Å². The highest BCUT2D eigenvalue weighted by Gasteiger charge is 2.06. The highest BCUT2D eigenvalue weighted by atomic mass is 79.9. The third-order valence-corrected chi connectivity index (χ3v) is 3.09. The van der Waals surface area contributed by atoms with Crippen LogP contribution >= 0.6 is 27.5 Å². The van der Waals surface area contributed by atoms with E-state index in [2.05, 4.69) is 22.9 Å². The van der Waals surface area contributed by atoms with Crippen LogP contribution in [0.4, 0.5) is 0 Å². The molecule has 0 amide bonds. The number of hydrogen-bond donors (Lipinski definition) is 0. The van der Waals surface area contributed by atoms with E-state index in [0.717, 1.165) is 11.4 Å².